The number of hydrogen-bond acceptors (Lipinski definition) is 2. The van der Waals surface area contributed by atoms with Gasteiger partial charge in [-0.05, 0) is 12.8 Å². The van der Waals surface area contributed by atoms with E-state index in [-0.39, 0.29) is 5.97 Å². The molecule has 30 heavy (non-hydrogen) atoms. The van der Waals surface area contributed by atoms with Gasteiger partial charge in [-0.3, -0.25) is 4.79 Å². The van der Waals surface area contributed by atoms with Crippen LogP contribution in [0.4, 0.5) is 0 Å². The highest BCUT2D eigenvalue weighted by molar-refractivity contribution is 5.69. The highest BCUT2D eigenvalue weighted by atomic mass is 16.5. The Kier molecular flexibility index (Phi) is 32.4. The first kappa shape index (κ1) is 31.7. The van der Waals surface area contributed by atoms with Gasteiger partial charge in [0, 0.05) is 6.42 Å². The summed E-state index contributed by atoms with van der Waals surface area (Å²) in [5.41, 5.74) is 0. The predicted octanol–water partition coefficient (Wildman–Crippen LogP) is 10.2. The largest absolute Gasteiger partial charge is 0.466 e. The number of unbranched alkanes of at least 4 members (excludes halogenated alkanes) is 18. The van der Waals surface area contributed by atoms with Crippen LogP contribution in [-0.4, -0.2) is 12.6 Å². The van der Waals surface area contributed by atoms with Gasteiger partial charge in [0.05, 0.1) is 6.61 Å². The summed E-state index contributed by atoms with van der Waals surface area (Å²) in [5.74, 6) is -0.00172. The van der Waals surface area contributed by atoms with E-state index >= 15 is 0 Å². The summed E-state index contributed by atoms with van der Waals surface area (Å²) in [5, 5.41) is 0. The zero-order valence-corrected chi connectivity index (χ0v) is 21.6. The van der Waals surface area contributed by atoms with Gasteiger partial charge < -0.3 is 4.74 Å². The average Bonchev–Trinajstić information content (AvgIpc) is 2.75. The molecule has 0 atom stereocenters. The highest BCUT2D eigenvalue weighted by Crippen LogP contribution is 2.13. The van der Waals surface area contributed by atoms with Crippen LogP contribution in [0.3, 0.4) is 0 Å². The van der Waals surface area contributed by atoms with Gasteiger partial charge in [-0.2, -0.15) is 0 Å². The van der Waals surface area contributed by atoms with Crippen molar-refractivity contribution in [2.45, 2.75) is 169 Å². The molecule has 182 valence electrons. The van der Waals surface area contributed by atoms with Gasteiger partial charge in [-0.1, -0.05) is 150 Å². The number of carbonyl (C=O) groups is 1. The fraction of sp³-hybridized carbons (Fsp3) is 0.964. The Morgan fingerprint density at radius 1 is 0.433 bits per heavy atom. The molecule has 0 saturated carbocycles. The third kappa shape index (κ3) is 32.1. The normalized spacial score (nSPS) is 10.5. The third-order valence-corrected chi connectivity index (χ3v) is 5.70. The van der Waals surface area contributed by atoms with Crippen LogP contribution in [0.5, 0.6) is 0 Å². The first-order valence-electron chi connectivity index (χ1n) is 13.9. The minimum atomic E-state index is -0.00172. The number of rotatable bonds is 22. The topological polar surface area (TPSA) is 26.3 Å². The van der Waals surface area contributed by atoms with Crippen molar-refractivity contribution >= 4 is 5.97 Å². The van der Waals surface area contributed by atoms with Crippen LogP contribution in [0.15, 0.2) is 0 Å². The second-order valence-corrected chi connectivity index (χ2v) is 8.98. The molecule has 0 aliphatic carbocycles. The molecule has 0 aliphatic heterocycles. The fourth-order valence-electron chi connectivity index (χ4n) is 3.54. The molecule has 2 nitrogen and oxygen atoms in total. The molecule has 0 unspecified atom stereocenters. The Labute approximate surface area is 191 Å². The first-order chi connectivity index (χ1) is 14.7. The predicted molar refractivity (Wildman–Crippen MR) is 135 cm³/mol. The highest BCUT2D eigenvalue weighted by Gasteiger charge is 2.01. The molecule has 2 heteroatoms. The van der Waals surface area contributed by atoms with Crippen LogP contribution in [0, 0.1) is 0 Å². The Bertz CT molecular complexity index is 297. The lowest BCUT2D eigenvalue weighted by atomic mass is 10.0. The summed E-state index contributed by atoms with van der Waals surface area (Å²) in [4.78, 5) is 11.4. The molecular formula is C28H58O2. The van der Waals surface area contributed by atoms with Crippen molar-refractivity contribution in [1.82, 2.24) is 0 Å². The van der Waals surface area contributed by atoms with Gasteiger partial charge in [-0.15, -0.1) is 0 Å². The SMILES string of the molecule is CCCCCC.CCCCCCCCCCCCCCCCCC(=O)OCCCC. The molecule has 0 radical (unpaired) electrons. The molecule has 0 rings (SSSR count). The van der Waals surface area contributed by atoms with Gasteiger partial charge in [0.25, 0.3) is 0 Å². The Morgan fingerprint density at radius 2 is 0.733 bits per heavy atom. The Hall–Kier alpha value is -0.530. The maximum absolute atomic E-state index is 11.4. The summed E-state index contributed by atoms with van der Waals surface area (Å²) >= 11 is 0. The number of esters is 1. The van der Waals surface area contributed by atoms with E-state index in [1.54, 1.807) is 0 Å². The molecule has 0 bridgehead atoms. The number of carbonyl (C=O) groups excluding carboxylic acids is 1. The van der Waals surface area contributed by atoms with Gasteiger partial charge in [0.15, 0.2) is 0 Å². The van der Waals surface area contributed by atoms with Crippen molar-refractivity contribution in [1.29, 1.82) is 0 Å². The van der Waals surface area contributed by atoms with E-state index in [1.807, 2.05) is 0 Å². The van der Waals surface area contributed by atoms with Crippen LogP contribution < -0.4 is 0 Å². The molecule has 0 saturated heterocycles. The van der Waals surface area contributed by atoms with Crippen LogP contribution in [0.1, 0.15) is 169 Å². The zero-order chi connectivity index (χ0) is 22.5. The molecule has 0 heterocycles. The standard InChI is InChI=1S/C22H44O2.C6H14/c1-3-5-7-8-9-10-11-12-13-14-15-16-17-18-19-20-22(23)24-21-6-4-2;1-3-5-6-4-2/h3-21H2,1-2H3;3-6H2,1-2H3. The molecule has 0 aliphatic rings. The Balaban J connectivity index is 0. The monoisotopic (exact) mass is 426 g/mol. The lowest BCUT2D eigenvalue weighted by Crippen LogP contribution is -2.05. The molecule has 0 aromatic rings. The Morgan fingerprint density at radius 3 is 1.10 bits per heavy atom. The van der Waals surface area contributed by atoms with Crippen LogP contribution in [0.2, 0.25) is 0 Å². The minimum Gasteiger partial charge on any atom is -0.466 e. The van der Waals surface area contributed by atoms with Crippen molar-refractivity contribution in [2.75, 3.05) is 6.61 Å². The van der Waals surface area contributed by atoms with E-state index in [0.29, 0.717) is 13.0 Å². The maximum Gasteiger partial charge on any atom is 0.305 e. The lowest BCUT2D eigenvalue weighted by molar-refractivity contribution is -0.143. The van der Waals surface area contributed by atoms with Crippen molar-refractivity contribution < 1.29 is 9.53 Å². The number of hydrogen-bond donors (Lipinski definition) is 0. The van der Waals surface area contributed by atoms with E-state index < -0.39 is 0 Å². The summed E-state index contributed by atoms with van der Waals surface area (Å²) in [6, 6.07) is 0. The van der Waals surface area contributed by atoms with Crippen molar-refractivity contribution in [3.05, 3.63) is 0 Å². The third-order valence-electron chi connectivity index (χ3n) is 5.70. The molecule has 0 N–H and O–H groups in total. The van der Waals surface area contributed by atoms with Crippen molar-refractivity contribution in [3.8, 4) is 0 Å². The molecular weight excluding hydrogens is 368 g/mol. The maximum atomic E-state index is 11.4. The second-order valence-electron chi connectivity index (χ2n) is 8.98. The van der Waals surface area contributed by atoms with Crippen molar-refractivity contribution in [2.24, 2.45) is 0 Å². The van der Waals surface area contributed by atoms with E-state index in [9.17, 15) is 4.79 Å². The van der Waals surface area contributed by atoms with Gasteiger partial charge >= 0.3 is 5.97 Å². The number of ether oxygens (including phenoxy) is 1. The summed E-state index contributed by atoms with van der Waals surface area (Å²) in [6.45, 7) is 9.46. The molecule has 0 spiro atoms. The minimum absolute atomic E-state index is 0.00172. The zero-order valence-electron chi connectivity index (χ0n) is 21.6. The summed E-state index contributed by atoms with van der Waals surface area (Å²) < 4.78 is 5.16. The van der Waals surface area contributed by atoms with E-state index in [0.717, 1.165) is 19.3 Å². The summed E-state index contributed by atoms with van der Waals surface area (Å²) in [7, 11) is 0. The van der Waals surface area contributed by atoms with E-state index in [2.05, 4.69) is 27.7 Å². The molecule has 0 amide bonds. The van der Waals surface area contributed by atoms with Gasteiger partial charge in [-0.25, -0.2) is 0 Å². The average molecular weight is 427 g/mol. The molecule has 0 aromatic heterocycles. The van der Waals surface area contributed by atoms with Crippen LogP contribution in [-0.2, 0) is 9.53 Å². The summed E-state index contributed by atoms with van der Waals surface area (Å²) in [6.07, 6.45) is 28.6. The lowest BCUT2D eigenvalue weighted by Gasteiger charge is -2.04. The van der Waals surface area contributed by atoms with E-state index in [4.69, 9.17) is 4.74 Å². The van der Waals surface area contributed by atoms with Crippen LogP contribution in [0.25, 0.3) is 0 Å². The van der Waals surface area contributed by atoms with Gasteiger partial charge in [0.2, 0.25) is 0 Å². The fourth-order valence-corrected chi connectivity index (χ4v) is 3.54. The molecule has 0 aromatic carbocycles. The second kappa shape index (κ2) is 30.7. The van der Waals surface area contributed by atoms with Crippen molar-refractivity contribution in [3.63, 3.8) is 0 Å². The molecule has 0 fully saturated rings. The quantitative estimate of drug-likeness (QED) is 0.127. The van der Waals surface area contributed by atoms with E-state index in [1.165, 1.54) is 116 Å². The van der Waals surface area contributed by atoms with Crippen LogP contribution >= 0.6 is 0 Å². The van der Waals surface area contributed by atoms with Gasteiger partial charge in [0.1, 0.15) is 0 Å². The first-order valence-corrected chi connectivity index (χ1v) is 13.9. The smallest absolute Gasteiger partial charge is 0.305 e.